The van der Waals surface area contributed by atoms with Crippen LogP contribution in [0.25, 0.3) is 0 Å². The van der Waals surface area contributed by atoms with Gasteiger partial charge in [0.1, 0.15) is 11.6 Å². The number of nitrogens with zero attached hydrogens (tertiary/aromatic N) is 1. The topological polar surface area (TPSA) is 58.6 Å². The fourth-order valence-electron chi connectivity index (χ4n) is 3.76. The van der Waals surface area contributed by atoms with Gasteiger partial charge in [-0.05, 0) is 49.6 Å². The maximum Gasteiger partial charge on any atom is 0.253 e. The lowest BCUT2D eigenvalue weighted by Gasteiger charge is -2.32. The van der Waals surface area contributed by atoms with Gasteiger partial charge in [0.05, 0.1) is 13.2 Å². The monoisotopic (exact) mass is 398 g/mol. The molecule has 1 aliphatic heterocycles. The van der Waals surface area contributed by atoms with E-state index >= 15 is 0 Å². The quantitative estimate of drug-likeness (QED) is 0.801. The number of carbonyl (C=O) groups excluding carboxylic acids is 2. The Balaban J connectivity index is 1.58. The zero-order valence-corrected chi connectivity index (χ0v) is 16.9. The summed E-state index contributed by atoms with van der Waals surface area (Å²) in [6.45, 7) is 3.06. The summed E-state index contributed by atoms with van der Waals surface area (Å²) in [6, 6.07) is 13.2. The van der Waals surface area contributed by atoms with Crippen molar-refractivity contribution in [1.82, 2.24) is 10.2 Å². The third kappa shape index (κ3) is 4.94. The molecule has 5 nitrogen and oxygen atoms in total. The van der Waals surface area contributed by atoms with Gasteiger partial charge in [-0.1, -0.05) is 25.1 Å². The number of ether oxygens (including phenoxy) is 1. The molecule has 1 fully saturated rings. The number of hydrogen-bond acceptors (Lipinski definition) is 3. The highest BCUT2D eigenvalue weighted by molar-refractivity contribution is 5.94. The Morgan fingerprint density at radius 1 is 1.14 bits per heavy atom. The number of hydrogen-bond donors (Lipinski definition) is 1. The Morgan fingerprint density at radius 3 is 2.41 bits per heavy atom. The van der Waals surface area contributed by atoms with Crippen LogP contribution in [0.4, 0.5) is 4.39 Å². The third-order valence-electron chi connectivity index (χ3n) is 5.48. The van der Waals surface area contributed by atoms with Crippen molar-refractivity contribution in [2.45, 2.75) is 32.2 Å². The highest BCUT2D eigenvalue weighted by atomic mass is 19.1. The Morgan fingerprint density at radius 2 is 1.79 bits per heavy atom. The molecule has 2 aromatic carbocycles. The van der Waals surface area contributed by atoms with Crippen molar-refractivity contribution in [3.63, 3.8) is 0 Å². The minimum Gasteiger partial charge on any atom is -0.496 e. The summed E-state index contributed by atoms with van der Waals surface area (Å²) in [5.74, 6) is 0.161. The molecule has 2 amide bonds. The molecule has 0 spiro atoms. The van der Waals surface area contributed by atoms with Crippen LogP contribution < -0.4 is 10.1 Å². The molecule has 6 heteroatoms. The van der Waals surface area contributed by atoms with E-state index in [9.17, 15) is 14.0 Å². The van der Waals surface area contributed by atoms with Crippen LogP contribution >= 0.6 is 0 Å². The normalized spacial score (nSPS) is 15.6. The molecule has 1 heterocycles. The first kappa shape index (κ1) is 20.8. The number of halogens is 1. The molecular formula is C23H27FN2O3. The van der Waals surface area contributed by atoms with Crippen LogP contribution in [-0.2, 0) is 4.79 Å². The Kier molecular flexibility index (Phi) is 6.86. The number of likely N-dealkylation sites (tertiary alicyclic amines) is 1. The van der Waals surface area contributed by atoms with Gasteiger partial charge in [0.25, 0.3) is 5.91 Å². The van der Waals surface area contributed by atoms with Gasteiger partial charge in [-0.25, -0.2) is 4.39 Å². The Hall–Kier alpha value is -2.89. The number of nitrogens with one attached hydrogen (secondary N) is 1. The van der Waals surface area contributed by atoms with Crippen molar-refractivity contribution in [1.29, 1.82) is 0 Å². The van der Waals surface area contributed by atoms with Crippen molar-refractivity contribution in [2.24, 2.45) is 5.92 Å². The number of benzene rings is 2. The molecule has 1 aliphatic rings. The second-order valence-corrected chi connectivity index (χ2v) is 7.28. The minimum atomic E-state index is -0.363. The van der Waals surface area contributed by atoms with E-state index in [1.54, 1.807) is 12.0 Å². The van der Waals surface area contributed by atoms with Crippen LogP contribution in [0.2, 0.25) is 0 Å². The van der Waals surface area contributed by atoms with Crippen molar-refractivity contribution in [3.05, 3.63) is 65.5 Å². The van der Waals surface area contributed by atoms with E-state index in [1.165, 1.54) is 24.3 Å². The summed E-state index contributed by atoms with van der Waals surface area (Å²) >= 11 is 0. The van der Waals surface area contributed by atoms with Crippen molar-refractivity contribution in [2.75, 3.05) is 20.2 Å². The largest absolute Gasteiger partial charge is 0.496 e. The summed E-state index contributed by atoms with van der Waals surface area (Å²) in [7, 11) is 1.63. The lowest BCUT2D eigenvalue weighted by molar-refractivity contribution is -0.127. The summed E-state index contributed by atoms with van der Waals surface area (Å²) in [4.78, 5) is 27.1. The SMILES string of the molecule is CCC(NC(=O)C1CCN(C(=O)c2ccc(F)cc2)CC1)c1ccccc1OC. The van der Waals surface area contributed by atoms with E-state index < -0.39 is 0 Å². The summed E-state index contributed by atoms with van der Waals surface area (Å²) in [5, 5.41) is 3.15. The molecule has 29 heavy (non-hydrogen) atoms. The van der Waals surface area contributed by atoms with Gasteiger partial charge in [-0.3, -0.25) is 9.59 Å². The van der Waals surface area contributed by atoms with Crippen molar-refractivity contribution in [3.8, 4) is 5.75 Å². The first-order valence-corrected chi connectivity index (χ1v) is 10.0. The number of carbonyl (C=O) groups is 2. The second-order valence-electron chi connectivity index (χ2n) is 7.28. The molecule has 0 saturated carbocycles. The number of methoxy groups -OCH3 is 1. The van der Waals surface area contributed by atoms with Crippen LogP contribution in [0.1, 0.15) is 48.1 Å². The number of rotatable bonds is 6. The summed E-state index contributed by atoms with van der Waals surface area (Å²) < 4.78 is 18.5. The number of para-hydroxylation sites is 1. The molecule has 3 rings (SSSR count). The Labute approximate surface area is 170 Å². The second kappa shape index (κ2) is 9.54. The van der Waals surface area contributed by atoms with Gasteiger partial charge in [0, 0.05) is 30.1 Å². The zero-order valence-electron chi connectivity index (χ0n) is 16.9. The van der Waals surface area contributed by atoms with Gasteiger partial charge >= 0.3 is 0 Å². The van der Waals surface area contributed by atoms with Gasteiger partial charge < -0.3 is 15.0 Å². The van der Waals surface area contributed by atoms with Crippen molar-refractivity contribution < 1.29 is 18.7 Å². The van der Waals surface area contributed by atoms with Crippen LogP contribution in [0.3, 0.4) is 0 Å². The van der Waals surface area contributed by atoms with E-state index in [0.717, 1.165) is 17.7 Å². The first-order chi connectivity index (χ1) is 14.0. The fraction of sp³-hybridized carbons (Fsp3) is 0.391. The number of piperidine rings is 1. The summed E-state index contributed by atoms with van der Waals surface area (Å²) in [5.41, 5.74) is 1.44. The van der Waals surface area contributed by atoms with E-state index in [0.29, 0.717) is 31.5 Å². The molecule has 0 aromatic heterocycles. The maximum atomic E-state index is 13.1. The highest BCUT2D eigenvalue weighted by Crippen LogP contribution is 2.28. The maximum absolute atomic E-state index is 13.1. The molecule has 1 unspecified atom stereocenters. The van der Waals surface area contributed by atoms with Crippen LogP contribution in [0.5, 0.6) is 5.75 Å². The third-order valence-corrected chi connectivity index (χ3v) is 5.48. The van der Waals surface area contributed by atoms with E-state index in [2.05, 4.69) is 5.32 Å². The van der Waals surface area contributed by atoms with Crippen molar-refractivity contribution >= 4 is 11.8 Å². The first-order valence-electron chi connectivity index (χ1n) is 10.0. The highest BCUT2D eigenvalue weighted by Gasteiger charge is 2.29. The average Bonchev–Trinajstić information content (AvgIpc) is 2.77. The lowest BCUT2D eigenvalue weighted by atomic mass is 9.94. The molecular weight excluding hydrogens is 371 g/mol. The van der Waals surface area contributed by atoms with Crippen LogP contribution in [0.15, 0.2) is 48.5 Å². The van der Waals surface area contributed by atoms with Gasteiger partial charge in [-0.2, -0.15) is 0 Å². The smallest absolute Gasteiger partial charge is 0.253 e. The van der Waals surface area contributed by atoms with Gasteiger partial charge in [0.15, 0.2) is 0 Å². The minimum absolute atomic E-state index is 0.0108. The molecule has 0 radical (unpaired) electrons. The average molecular weight is 398 g/mol. The summed E-state index contributed by atoms with van der Waals surface area (Å²) in [6.07, 6.45) is 1.98. The predicted molar refractivity (Wildman–Crippen MR) is 109 cm³/mol. The predicted octanol–water partition coefficient (Wildman–Crippen LogP) is 3.95. The molecule has 2 aromatic rings. The van der Waals surface area contributed by atoms with Crippen LogP contribution in [0, 0.1) is 11.7 Å². The molecule has 154 valence electrons. The zero-order chi connectivity index (χ0) is 20.8. The van der Waals surface area contributed by atoms with Crippen LogP contribution in [-0.4, -0.2) is 36.9 Å². The molecule has 1 saturated heterocycles. The standard InChI is InChI=1S/C23H27FN2O3/c1-3-20(19-6-4-5-7-21(19)29-2)25-22(27)16-12-14-26(15-13-16)23(28)17-8-10-18(24)11-9-17/h4-11,16,20H,3,12-15H2,1-2H3,(H,25,27). The van der Waals surface area contributed by atoms with E-state index in [4.69, 9.17) is 4.74 Å². The molecule has 1 N–H and O–H groups in total. The number of amides is 2. The van der Waals surface area contributed by atoms with Gasteiger partial charge in [0.2, 0.25) is 5.91 Å². The van der Waals surface area contributed by atoms with E-state index in [1.807, 2.05) is 31.2 Å². The van der Waals surface area contributed by atoms with Gasteiger partial charge in [-0.15, -0.1) is 0 Å². The lowest BCUT2D eigenvalue weighted by Crippen LogP contribution is -2.43. The fourth-order valence-corrected chi connectivity index (χ4v) is 3.76. The molecule has 1 atom stereocenters. The van der Waals surface area contributed by atoms with E-state index in [-0.39, 0.29) is 29.6 Å². The Bertz CT molecular complexity index is 845. The molecule has 0 bridgehead atoms. The molecule has 0 aliphatic carbocycles.